The number of aromatic nitrogens is 3. The van der Waals surface area contributed by atoms with Gasteiger partial charge in [0.05, 0.1) is 17.2 Å². The van der Waals surface area contributed by atoms with Crippen LogP contribution in [0.5, 0.6) is 5.75 Å². The molecule has 1 N–H and O–H groups in total. The SMILES string of the molecule is CCn1c(SCC(=O)OCC(=O)NCCOc2cccc(C)c2)nnc1-c1cccs1. The van der Waals surface area contributed by atoms with Crippen LogP contribution in [0.3, 0.4) is 0 Å². The first kappa shape index (κ1) is 22.8. The van der Waals surface area contributed by atoms with Crippen molar-refractivity contribution in [1.82, 2.24) is 20.1 Å². The van der Waals surface area contributed by atoms with Gasteiger partial charge in [0.2, 0.25) is 0 Å². The van der Waals surface area contributed by atoms with Gasteiger partial charge in [-0.15, -0.1) is 21.5 Å². The van der Waals surface area contributed by atoms with Crippen LogP contribution in [0.4, 0.5) is 0 Å². The molecule has 0 fully saturated rings. The second-order valence-electron chi connectivity index (χ2n) is 6.49. The number of hydrogen-bond acceptors (Lipinski definition) is 8. The predicted molar refractivity (Wildman–Crippen MR) is 120 cm³/mol. The molecule has 31 heavy (non-hydrogen) atoms. The van der Waals surface area contributed by atoms with E-state index in [9.17, 15) is 9.59 Å². The summed E-state index contributed by atoms with van der Waals surface area (Å²) in [5, 5.41) is 13.7. The Kier molecular flexibility index (Phi) is 8.48. The molecular weight excluding hydrogens is 436 g/mol. The summed E-state index contributed by atoms with van der Waals surface area (Å²) in [6.07, 6.45) is 0. The number of benzene rings is 1. The number of rotatable bonds is 11. The van der Waals surface area contributed by atoms with E-state index in [0.717, 1.165) is 22.0 Å². The van der Waals surface area contributed by atoms with Crippen LogP contribution in [-0.4, -0.2) is 52.2 Å². The van der Waals surface area contributed by atoms with Crippen molar-refractivity contribution in [1.29, 1.82) is 0 Å². The van der Waals surface area contributed by atoms with E-state index in [0.29, 0.717) is 24.9 Å². The summed E-state index contributed by atoms with van der Waals surface area (Å²) in [6, 6.07) is 11.6. The van der Waals surface area contributed by atoms with E-state index in [2.05, 4.69) is 15.5 Å². The van der Waals surface area contributed by atoms with Gasteiger partial charge in [-0.1, -0.05) is 30.0 Å². The minimum Gasteiger partial charge on any atom is -0.492 e. The van der Waals surface area contributed by atoms with E-state index >= 15 is 0 Å². The third-order valence-electron chi connectivity index (χ3n) is 4.14. The molecule has 0 aliphatic heterocycles. The van der Waals surface area contributed by atoms with Crippen molar-refractivity contribution in [3.8, 4) is 16.5 Å². The van der Waals surface area contributed by atoms with Gasteiger partial charge in [-0.05, 0) is 43.0 Å². The standard InChI is InChI=1S/C21H24N4O4S2/c1-3-25-20(17-8-5-11-30-17)23-24-21(25)31-14-19(27)29-13-18(26)22-9-10-28-16-7-4-6-15(2)12-16/h4-8,11-12H,3,9-10,13-14H2,1-2H3,(H,22,26). The molecule has 0 aliphatic carbocycles. The van der Waals surface area contributed by atoms with E-state index < -0.39 is 5.97 Å². The van der Waals surface area contributed by atoms with Gasteiger partial charge in [0.15, 0.2) is 17.6 Å². The molecule has 2 heterocycles. The number of nitrogens with one attached hydrogen (secondary N) is 1. The third kappa shape index (κ3) is 6.83. The van der Waals surface area contributed by atoms with Crippen LogP contribution in [0.2, 0.25) is 0 Å². The molecule has 2 aromatic heterocycles. The van der Waals surface area contributed by atoms with E-state index in [1.54, 1.807) is 11.3 Å². The molecule has 3 aromatic rings. The number of carbonyl (C=O) groups excluding carboxylic acids is 2. The topological polar surface area (TPSA) is 95.3 Å². The molecule has 10 heteroatoms. The number of thiophene rings is 1. The van der Waals surface area contributed by atoms with E-state index in [1.807, 2.05) is 60.2 Å². The highest BCUT2D eigenvalue weighted by atomic mass is 32.2. The largest absolute Gasteiger partial charge is 0.492 e. The molecule has 0 radical (unpaired) electrons. The van der Waals surface area contributed by atoms with Gasteiger partial charge in [0.1, 0.15) is 12.4 Å². The highest BCUT2D eigenvalue weighted by Crippen LogP contribution is 2.27. The van der Waals surface area contributed by atoms with Gasteiger partial charge >= 0.3 is 5.97 Å². The van der Waals surface area contributed by atoms with E-state index in [-0.39, 0.29) is 18.3 Å². The monoisotopic (exact) mass is 460 g/mol. The smallest absolute Gasteiger partial charge is 0.316 e. The van der Waals surface area contributed by atoms with Crippen molar-refractivity contribution in [3.63, 3.8) is 0 Å². The minimum atomic E-state index is -0.487. The average Bonchev–Trinajstić information content (AvgIpc) is 3.43. The van der Waals surface area contributed by atoms with Crippen molar-refractivity contribution < 1.29 is 19.1 Å². The molecule has 0 aliphatic rings. The fraction of sp³-hybridized carbons (Fsp3) is 0.333. The van der Waals surface area contributed by atoms with Gasteiger partial charge < -0.3 is 19.4 Å². The Labute approximate surface area is 189 Å². The molecule has 0 spiro atoms. The highest BCUT2D eigenvalue weighted by molar-refractivity contribution is 7.99. The number of thioether (sulfide) groups is 1. The van der Waals surface area contributed by atoms with E-state index in [4.69, 9.17) is 9.47 Å². The maximum Gasteiger partial charge on any atom is 0.316 e. The van der Waals surface area contributed by atoms with Crippen molar-refractivity contribution in [2.24, 2.45) is 0 Å². The van der Waals surface area contributed by atoms with Crippen LogP contribution in [0.25, 0.3) is 10.7 Å². The minimum absolute atomic E-state index is 0.0479. The molecule has 0 saturated carbocycles. The average molecular weight is 461 g/mol. The Morgan fingerprint density at radius 1 is 1.23 bits per heavy atom. The van der Waals surface area contributed by atoms with Crippen molar-refractivity contribution in [2.45, 2.75) is 25.5 Å². The molecule has 164 valence electrons. The Morgan fingerprint density at radius 2 is 2.10 bits per heavy atom. The van der Waals surface area contributed by atoms with Gasteiger partial charge in [-0.3, -0.25) is 9.59 Å². The lowest BCUT2D eigenvalue weighted by Crippen LogP contribution is -2.32. The summed E-state index contributed by atoms with van der Waals surface area (Å²) >= 11 is 2.82. The molecular formula is C21H24N4O4S2. The molecule has 1 aromatic carbocycles. The number of esters is 1. The Morgan fingerprint density at radius 3 is 2.84 bits per heavy atom. The number of ether oxygens (including phenoxy) is 2. The number of amides is 1. The molecule has 1 amide bonds. The summed E-state index contributed by atoms with van der Waals surface area (Å²) in [6.45, 7) is 4.99. The van der Waals surface area contributed by atoms with Gasteiger partial charge in [0.25, 0.3) is 5.91 Å². The maximum atomic E-state index is 12.0. The third-order valence-corrected chi connectivity index (χ3v) is 5.95. The first-order chi connectivity index (χ1) is 15.1. The maximum absolute atomic E-state index is 12.0. The van der Waals surface area contributed by atoms with Gasteiger partial charge in [-0.2, -0.15) is 0 Å². The number of aryl methyl sites for hydroxylation is 1. The van der Waals surface area contributed by atoms with Crippen LogP contribution >= 0.6 is 23.1 Å². The van der Waals surface area contributed by atoms with Crippen LogP contribution in [0, 0.1) is 6.92 Å². The Bertz CT molecular complexity index is 1000. The fourth-order valence-electron chi connectivity index (χ4n) is 2.70. The van der Waals surface area contributed by atoms with Crippen LogP contribution in [-0.2, 0) is 20.9 Å². The van der Waals surface area contributed by atoms with Crippen molar-refractivity contribution in [3.05, 3.63) is 47.3 Å². The Hall–Kier alpha value is -2.85. The summed E-state index contributed by atoms with van der Waals surface area (Å²) in [4.78, 5) is 24.9. The summed E-state index contributed by atoms with van der Waals surface area (Å²) in [5.74, 6) is 0.717. The lowest BCUT2D eigenvalue weighted by molar-refractivity contribution is -0.145. The zero-order valence-electron chi connectivity index (χ0n) is 17.4. The number of hydrogen-bond donors (Lipinski definition) is 1. The molecule has 8 nitrogen and oxygen atoms in total. The predicted octanol–water partition coefficient (Wildman–Crippen LogP) is 3.17. The quantitative estimate of drug-likeness (QED) is 0.267. The van der Waals surface area contributed by atoms with Crippen molar-refractivity contribution in [2.75, 3.05) is 25.5 Å². The van der Waals surface area contributed by atoms with Gasteiger partial charge in [0, 0.05) is 6.54 Å². The normalized spacial score (nSPS) is 10.6. The molecule has 0 unspecified atom stereocenters. The summed E-state index contributed by atoms with van der Waals surface area (Å²) in [7, 11) is 0. The van der Waals surface area contributed by atoms with Crippen LogP contribution in [0.15, 0.2) is 46.9 Å². The first-order valence-corrected chi connectivity index (χ1v) is 11.6. The zero-order chi connectivity index (χ0) is 22.1. The molecule has 0 atom stereocenters. The highest BCUT2D eigenvalue weighted by Gasteiger charge is 2.16. The number of carbonyl (C=O) groups is 2. The lowest BCUT2D eigenvalue weighted by Gasteiger charge is -2.09. The molecule has 0 saturated heterocycles. The second-order valence-corrected chi connectivity index (χ2v) is 8.38. The van der Waals surface area contributed by atoms with Crippen LogP contribution < -0.4 is 10.1 Å². The summed E-state index contributed by atoms with van der Waals surface area (Å²) < 4.78 is 12.6. The van der Waals surface area contributed by atoms with Crippen molar-refractivity contribution >= 4 is 35.0 Å². The lowest BCUT2D eigenvalue weighted by atomic mass is 10.2. The summed E-state index contributed by atoms with van der Waals surface area (Å²) in [5.41, 5.74) is 1.10. The Balaban J connectivity index is 1.35. The molecule has 3 rings (SSSR count). The molecule has 0 bridgehead atoms. The fourth-order valence-corrected chi connectivity index (χ4v) is 4.21. The van der Waals surface area contributed by atoms with Crippen LogP contribution in [0.1, 0.15) is 12.5 Å². The van der Waals surface area contributed by atoms with E-state index in [1.165, 1.54) is 11.8 Å². The first-order valence-electron chi connectivity index (χ1n) is 9.78. The number of nitrogens with zero attached hydrogens (tertiary/aromatic N) is 3. The van der Waals surface area contributed by atoms with Gasteiger partial charge in [-0.25, -0.2) is 0 Å². The second kappa shape index (κ2) is 11.5. The zero-order valence-corrected chi connectivity index (χ0v) is 19.0.